The lowest BCUT2D eigenvalue weighted by atomic mass is 10.00. The zero-order valence-electron chi connectivity index (χ0n) is 16.4. The number of nitrogens with zero attached hydrogens (tertiary/aromatic N) is 2. The van der Waals surface area contributed by atoms with Crippen LogP contribution in [0.25, 0.3) is 47.9 Å². The van der Waals surface area contributed by atoms with Gasteiger partial charge in [0.25, 0.3) is 5.69 Å². The average molecular weight is 420 g/mol. The van der Waals surface area contributed by atoms with Gasteiger partial charge in [0, 0.05) is 32.1 Å². The maximum Gasteiger partial charge on any atom is 0.286 e. The molecule has 0 atom stereocenters. The molecule has 0 unspecified atom stereocenters. The zero-order chi connectivity index (χ0) is 20.9. The minimum atomic E-state index is -0.262. The van der Waals surface area contributed by atoms with Crippen LogP contribution in [0.5, 0.6) is 0 Å². The molecular weight excluding hydrogens is 404 g/mol. The Hall–Kier alpha value is -3.96. The maximum absolute atomic E-state index is 12.2. The van der Waals surface area contributed by atoms with E-state index in [1.807, 2.05) is 77.5 Å². The van der Waals surface area contributed by atoms with Gasteiger partial charge in [0.2, 0.25) is 0 Å². The molecule has 2 heterocycles. The summed E-state index contributed by atoms with van der Waals surface area (Å²) in [5, 5.41) is 15.2. The van der Waals surface area contributed by atoms with Gasteiger partial charge in [0.05, 0.1) is 21.4 Å². The second-order valence-corrected chi connectivity index (χ2v) is 8.57. The largest absolute Gasteiger partial charge is 0.316 e. The molecule has 6 rings (SSSR count). The van der Waals surface area contributed by atoms with Crippen molar-refractivity contribution in [2.75, 3.05) is 0 Å². The van der Waals surface area contributed by atoms with Gasteiger partial charge >= 0.3 is 0 Å². The summed E-state index contributed by atoms with van der Waals surface area (Å²) in [4.78, 5) is 11.9. The number of nitro groups is 1. The second kappa shape index (κ2) is 6.79. The summed E-state index contributed by atoms with van der Waals surface area (Å²) in [6.45, 7) is 0. The Labute approximate surface area is 181 Å². The molecule has 0 saturated carbocycles. The lowest BCUT2D eigenvalue weighted by Crippen LogP contribution is -1.95. The number of fused-ring (bicyclic) bond motifs is 4. The first-order valence-electron chi connectivity index (χ1n) is 9.96. The minimum Gasteiger partial charge on any atom is -0.316 e. The Balaban J connectivity index is 1.58. The van der Waals surface area contributed by atoms with Crippen molar-refractivity contribution >= 4 is 48.1 Å². The quantitative estimate of drug-likeness (QED) is 0.219. The highest BCUT2D eigenvalue weighted by atomic mass is 32.1. The number of rotatable bonds is 3. The second-order valence-electron chi connectivity index (χ2n) is 7.48. The van der Waals surface area contributed by atoms with Crippen molar-refractivity contribution in [1.82, 2.24) is 4.57 Å². The zero-order valence-corrected chi connectivity index (χ0v) is 17.2. The van der Waals surface area contributed by atoms with Crippen LogP contribution in [0.2, 0.25) is 0 Å². The standard InChI is InChI=1S/C26H16N2O2S/c29-28(30)26-19(12-13-23-22(26)14-15-27(23)18-6-2-1-3-7-18)17-10-11-21-20-8-4-5-9-24(20)31-25(21)16-17/h1-16H. The molecule has 31 heavy (non-hydrogen) atoms. The van der Waals surface area contributed by atoms with E-state index >= 15 is 0 Å². The summed E-state index contributed by atoms with van der Waals surface area (Å²) in [6.07, 6.45) is 1.89. The fourth-order valence-corrected chi connectivity index (χ4v) is 5.48. The number of nitro benzene ring substituents is 1. The predicted molar refractivity (Wildman–Crippen MR) is 128 cm³/mol. The van der Waals surface area contributed by atoms with Crippen molar-refractivity contribution in [2.45, 2.75) is 0 Å². The van der Waals surface area contributed by atoms with E-state index in [0.29, 0.717) is 10.9 Å². The van der Waals surface area contributed by atoms with Crippen molar-refractivity contribution < 1.29 is 4.92 Å². The lowest BCUT2D eigenvalue weighted by Gasteiger charge is -2.08. The highest BCUT2D eigenvalue weighted by Crippen LogP contribution is 2.41. The number of thiophene rings is 1. The van der Waals surface area contributed by atoms with Crippen LogP contribution >= 0.6 is 11.3 Å². The van der Waals surface area contributed by atoms with Crippen LogP contribution < -0.4 is 0 Å². The summed E-state index contributed by atoms with van der Waals surface area (Å²) in [5.41, 5.74) is 3.45. The molecule has 0 saturated heterocycles. The van der Waals surface area contributed by atoms with Gasteiger partial charge in [-0.1, -0.05) is 48.5 Å². The van der Waals surface area contributed by atoms with E-state index in [1.165, 1.54) is 15.5 Å². The Morgan fingerprint density at radius 3 is 2.35 bits per heavy atom. The monoisotopic (exact) mass is 420 g/mol. The SMILES string of the molecule is O=[N+]([O-])c1c(-c2ccc3c(c2)sc2ccccc23)ccc2c1ccn2-c1ccccc1. The number of hydrogen-bond acceptors (Lipinski definition) is 3. The third kappa shape index (κ3) is 2.75. The van der Waals surface area contributed by atoms with E-state index in [1.54, 1.807) is 11.3 Å². The molecule has 4 aromatic carbocycles. The molecule has 6 aromatic rings. The summed E-state index contributed by atoms with van der Waals surface area (Å²) >= 11 is 1.72. The van der Waals surface area contributed by atoms with Crippen molar-refractivity contribution in [3.8, 4) is 16.8 Å². The van der Waals surface area contributed by atoms with Crippen molar-refractivity contribution in [3.05, 3.63) is 107 Å². The van der Waals surface area contributed by atoms with Gasteiger partial charge in [-0.3, -0.25) is 10.1 Å². The van der Waals surface area contributed by atoms with E-state index in [4.69, 9.17) is 0 Å². The van der Waals surface area contributed by atoms with Gasteiger partial charge < -0.3 is 4.57 Å². The highest BCUT2D eigenvalue weighted by molar-refractivity contribution is 7.25. The van der Waals surface area contributed by atoms with E-state index in [-0.39, 0.29) is 10.6 Å². The van der Waals surface area contributed by atoms with Crippen LogP contribution in [0, 0.1) is 10.1 Å². The molecule has 0 aliphatic rings. The van der Waals surface area contributed by atoms with Crippen LogP contribution in [-0.4, -0.2) is 9.49 Å². The third-order valence-corrected chi connectivity index (χ3v) is 6.88. The Morgan fingerprint density at radius 1 is 0.742 bits per heavy atom. The van der Waals surface area contributed by atoms with Gasteiger partial charge in [-0.05, 0) is 48.0 Å². The third-order valence-electron chi connectivity index (χ3n) is 5.75. The van der Waals surface area contributed by atoms with E-state index < -0.39 is 0 Å². The van der Waals surface area contributed by atoms with Crippen LogP contribution in [0.15, 0.2) is 97.2 Å². The number of benzene rings is 4. The fourth-order valence-electron chi connectivity index (χ4n) is 4.34. The Morgan fingerprint density at radius 2 is 1.52 bits per heavy atom. The maximum atomic E-state index is 12.2. The van der Waals surface area contributed by atoms with Gasteiger partial charge in [-0.15, -0.1) is 11.3 Å². The van der Waals surface area contributed by atoms with Crippen LogP contribution in [0.1, 0.15) is 0 Å². The molecule has 0 fully saturated rings. The molecule has 5 heteroatoms. The molecular formula is C26H16N2O2S. The molecule has 0 bridgehead atoms. The first-order chi connectivity index (χ1) is 15.2. The summed E-state index contributed by atoms with van der Waals surface area (Å²) in [6, 6.07) is 30.0. The Kier molecular flexibility index (Phi) is 3.91. The first-order valence-corrected chi connectivity index (χ1v) is 10.8. The number of aromatic nitrogens is 1. The fraction of sp³-hybridized carbons (Fsp3) is 0. The van der Waals surface area contributed by atoms with E-state index in [2.05, 4.69) is 24.3 Å². The molecule has 0 N–H and O–H groups in total. The molecule has 0 radical (unpaired) electrons. The summed E-state index contributed by atoms with van der Waals surface area (Å²) in [5.74, 6) is 0. The van der Waals surface area contributed by atoms with Crippen LogP contribution in [-0.2, 0) is 0 Å². The molecule has 0 aliphatic carbocycles. The predicted octanol–water partition coefficient (Wildman–Crippen LogP) is 7.57. The average Bonchev–Trinajstić information content (AvgIpc) is 3.39. The Bertz CT molecular complexity index is 1610. The van der Waals surface area contributed by atoms with Crippen LogP contribution in [0.3, 0.4) is 0 Å². The van der Waals surface area contributed by atoms with Gasteiger partial charge in [-0.25, -0.2) is 0 Å². The van der Waals surface area contributed by atoms with Gasteiger partial charge in [0.1, 0.15) is 0 Å². The van der Waals surface area contributed by atoms with E-state index in [0.717, 1.165) is 21.5 Å². The molecule has 148 valence electrons. The molecule has 4 nitrogen and oxygen atoms in total. The lowest BCUT2D eigenvalue weighted by molar-refractivity contribution is -0.382. The normalized spacial score (nSPS) is 11.5. The number of para-hydroxylation sites is 1. The van der Waals surface area contributed by atoms with Crippen molar-refractivity contribution in [3.63, 3.8) is 0 Å². The summed E-state index contributed by atoms with van der Waals surface area (Å²) < 4.78 is 4.34. The first kappa shape index (κ1) is 17.9. The molecule has 0 amide bonds. The molecule has 0 aliphatic heterocycles. The van der Waals surface area contributed by atoms with E-state index in [9.17, 15) is 10.1 Å². The highest BCUT2D eigenvalue weighted by Gasteiger charge is 2.22. The molecule has 2 aromatic heterocycles. The smallest absolute Gasteiger partial charge is 0.286 e. The van der Waals surface area contributed by atoms with Crippen LogP contribution in [0.4, 0.5) is 5.69 Å². The summed E-state index contributed by atoms with van der Waals surface area (Å²) in [7, 11) is 0. The van der Waals surface area contributed by atoms with Crippen molar-refractivity contribution in [1.29, 1.82) is 0 Å². The van der Waals surface area contributed by atoms with Gasteiger partial charge in [0.15, 0.2) is 0 Å². The van der Waals surface area contributed by atoms with Crippen molar-refractivity contribution in [2.24, 2.45) is 0 Å². The minimum absolute atomic E-state index is 0.146. The molecule has 0 spiro atoms. The van der Waals surface area contributed by atoms with Gasteiger partial charge in [-0.2, -0.15) is 0 Å². The topological polar surface area (TPSA) is 48.1 Å². The number of hydrogen-bond donors (Lipinski definition) is 0.